The first-order valence-corrected chi connectivity index (χ1v) is 16.6. The third-order valence-corrected chi connectivity index (χ3v) is 8.52. The molecule has 49 heavy (non-hydrogen) atoms. The van der Waals surface area contributed by atoms with Gasteiger partial charge in [-0.05, 0) is 46.5 Å². The fourth-order valence-electron chi connectivity index (χ4n) is 5.92. The van der Waals surface area contributed by atoms with Gasteiger partial charge in [-0.2, -0.15) is 0 Å². The van der Waals surface area contributed by atoms with Crippen molar-refractivity contribution in [2.24, 2.45) is 0 Å². The van der Waals surface area contributed by atoms with Crippen LogP contribution in [0.1, 0.15) is 32.6 Å². The Morgan fingerprint density at radius 2 is 0.959 bits per heavy atom. The molecule has 0 spiro atoms. The summed E-state index contributed by atoms with van der Waals surface area (Å²) in [6.07, 6.45) is -3.75. The van der Waals surface area contributed by atoms with E-state index in [2.05, 4.69) is 0 Å². The van der Waals surface area contributed by atoms with E-state index < -0.39 is 30.5 Å². The number of rotatable bonds is 16. The predicted octanol–water partition coefficient (Wildman–Crippen LogP) is 7.62. The van der Waals surface area contributed by atoms with Crippen molar-refractivity contribution in [3.8, 4) is 5.75 Å². The van der Waals surface area contributed by atoms with Crippen LogP contribution in [0.5, 0.6) is 5.75 Å². The largest absolute Gasteiger partial charge is 0.497 e. The van der Waals surface area contributed by atoms with Crippen LogP contribution in [-0.2, 0) is 50.1 Å². The van der Waals surface area contributed by atoms with Crippen molar-refractivity contribution >= 4 is 5.78 Å². The zero-order valence-electron chi connectivity index (χ0n) is 27.6. The van der Waals surface area contributed by atoms with E-state index in [0.29, 0.717) is 31.1 Å². The fourth-order valence-corrected chi connectivity index (χ4v) is 5.92. The van der Waals surface area contributed by atoms with Crippen LogP contribution < -0.4 is 4.74 Å². The molecule has 1 fully saturated rings. The highest BCUT2D eigenvalue weighted by molar-refractivity contribution is 6.00. The number of methoxy groups -OCH3 is 1. The molecule has 6 rings (SSSR count). The van der Waals surface area contributed by atoms with Crippen LogP contribution in [0.2, 0.25) is 0 Å². The Hall–Kier alpha value is -4.63. The third-order valence-electron chi connectivity index (χ3n) is 8.52. The highest BCUT2D eigenvalue weighted by Gasteiger charge is 2.51. The van der Waals surface area contributed by atoms with Gasteiger partial charge in [0.25, 0.3) is 0 Å². The molecule has 252 valence electrons. The lowest BCUT2D eigenvalue weighted by Crippen LogP contribution is -2.63. The maximum atomic E-state index is 14.4. The Bertz CT molecular complexity index is 1680. The topological polar surface area (TPSA) is 72.5 Å². The van der Waals surface area contributed by atoms with Gasteiger partial charge in [0.2, 0.25) is 0 Å². The lowest BCUT2D eigenvalue weighted by Gasteiger charge is -2.45. The molecule has 0 aliphatic carbocycles. The molecule has 5 aromatic rings. The van der Waals surface area contributed by atoms with Crippen molar-refractivity contribution in [3.63, 3.8) is 0 Å². The molecule has 1 aliphatic rings. The van der Waals surface area contributed by atoms with Crippen LogP contribution in [0.25, 0.3) is 0 Å². The first-order valence-electron chi connectivity index (χ1n) is 16.6. The monoisotopic (exact) mass is 658 g/mol. The van der Waals surface area contributed by atoms with Crippen molar-refractivity contribution in [3.05, 3.63) is 173 Å². The molecular formula is C42H42O7. The van der Waals surface area contributed by atoms with Gasteiger partial charge in [0, 0.05) is 5.56 Å². The number of Topliss-reactive ketones (excluding diaryl/α,β-unsaturated/α-hetero) is 1. The molecule has 0 bridgehead atoms. The van der Waals surface area contributed by atoms with Crippen LogP contribution in [0.15, 0.2) is 146 Å². The first-order chi connectivity index (χ1) is 24.2. The Kier molecular flexibility index (Phi) is 12.4. The Morgan fingerprint density at radius 1 is 0.531 bits per heavy atom. The van der Waals surface area contributed by atoms with Gasteiger partial charge >= 0.3 is 0 Å². The predicted molar refractivity (Wildman–Crippen MR) is 187 cm³/mol. The molecule has 1 heterocycles. The van der Waals surface area contributed by atoms with E-state index in [-0.39, 0.29) is 19.0 Å². The van der Waals surface area contributed by atoms with Gasteiger partial charge in [-0.15, -0.1) is 0 Å². The molecule has 0 radical (unpaired) electrons. The molecule has 0 aromatic heterocycles. The van der Waals surface area contributed by atoms with E-state index in [1.807, 2.05) is 121 Å². The SMILES string of the molecule is COc1ccc(C(=O)[C@@H]2OC(COCc3ccccc3)[C@H](OCc3ccccc3)C(OCc3ccccc3)C2OCc2ccccc2)cc1. The minimum absolute atomic E-state index is 0.178. The van der Waals surface area contributed by atoms with Gasteiger partial charge in [0.1, 0.15) is 36.3 Å². The molecule has 5 atom stereocenters. The molecule has 0 N–H and O–H groups in total. The summed E-state index contributed by atoms with van der Waals surface area (Å²) in [5.74, 6) is 0.437. The van der Waals surface area contributed by atoms with Crippen molar-refractivity contribution in [1.82, 2.24) is 0 Å². The highest BCUT2D eigenvalue weighted by Crippen LogP contribution is 2.33. The van der Waals surface area contributed by atoms with E-state index in [1.165, 1.54) is 0 Å². The van der Waals surface area contributed by atoms with Crippen LogP contribution in [0.4, 0.5) is 0 Å². The van der Waals surface area contributed by atoms with Gasteiger partial charge < -0.3 is 28.4 Å². The molecule has 0 amide bonds. The Morgan fingerprint density at radius 3 is 1.43 bits per heavy atom. The van der Waals surface area contributed by atoms with Crippen LogP contribution in [-0.4, -0.2) is 50.0 Å². The van der Waals surface area contributed by atoms with E-state index in [4.69, 9.17) is 28.4 Å². The Balaban J connectivity index is 1.35. The van der Waals surface area contributed by atoms with E-state index in [9.17, 15) is 4.79 Å². The van der Waals surface area contributed by atoms with E-state index >= 15 is 0 Å². The number of benzene rings is 5. The second-order valence-corrected chi connectivity index (χ2v) is 12.0. The van der Waals surface area contributed by atoms with Gasteiger partial charge in [0.15, 0.2) is 5.78 Å². The first kappa shape index (κ1) is 34.2. The Labute approximate surface area is 288 Å². The summed E-state index contributed by atoms with van der Waals surface area (Å²) < 4.78 is 38.5. The standard InChI is InChI=1S/C42H42O7/c1-44-36-24-22-35(23-25-36)38(43)40-42(48-29-34-20-12-5-13-21-34)41(47-28-33-18-10-4-11-19-33)39(46-27-32-16-8-3-9-17-32)37(49-40)30-45-26-31-14-6-2-7-15-31/h2-25,37,39-42H,26-30H2,1H3/t37?,39-,40-,41?,42?/m0/s1. The van der Waals surface area contributed by atoms with E-state index in [0.717, 1.165) is 22.3 Å². The van der Waals surface area contributed by atoms with Crippen LogP contribution in [0.3, 0.4) is 0 Å². The van der Waals surface area contributed by atoms with Crippen molar-refractivity contribution in [1.29, 1.82) is 0 Å². The summed E-state index contributed by atoms with van der Waals surface area (Å²) in [6, 6.07) is 46.8. The summed E-state index contributed by atoms with van der Waals surface area (Å²) in [7, 11) is 1.60. The maximum absolute atomic E-state index is 14.4. The summed E-state index contributed by atoms with van der Waals surface area (Å²) in [4.78, 5) is 14.4. The number of carbonyl (C=O) groups is 1. The van der Waals surface area contributed by atoms with Gasteiger partial charge in [0.05, 0.1) is 40.1 Å². The summed E-state index contributed by atoms with van der Waals surface area (Å²) in [5, 5.41) is 0. The van der Waals surface area contributed by atoms with Gasteiger partial charge in [-0.1, -0.05) is 121 Å². The zero-order chi connectivity index (χ0) is 33.7. The average molecular weight is 659 g/mol. The molecular weight excluding hydrogens is 616 g/mol. The minimum Gasteiger partial charge on any atom is -0.497 e. The number of hydrogen-bond donors (Lipinski definition) is 0. The highest BCUT2D eigenvalue weighted by atomic mass is 16.6. The fraction of sp³-hybridized carbons (Fsp3) is 0.262. The smallest absolute Gasteiger partial charge is 0.194 e. The molecule has 7 nitrogen and oxygen atoms in total. The van der Waals surface area contributed by atoms with Crippen LogP contribution >= 0.6 is 0 Å². The molecule has 1 saturated heterocycles. The lowest BCUT2D eigenvalue weighted by atomic mass is 9.90. The second kappa shape index (κ2) is 17.7. The number of carbonyl (C=O) groups excluding carboxylic acids is 1. The maximum Gasteiger partial charge on any atom is 0.194 e. The summed E-state index contributed by atoms with van der Waals surface area (Å²) >= 11 is 0. The van der Waals surface area contributed by atoms with Gasteiger partial charge in [-0.3, -0.25) is 4.79 Å². The average Bonchev–Trinajstić information content (AvgIpc) is 3.17. The number of ether oxygens (including phenoxy) is 6. The minimum atomic E-state index is -1.00. The third kappa shape index (κ3) is 9.50. The summed E-state index contributed by atoms with van der Waals surface area (Å²) in [5.41, 5.74) is 4.48. The molecule has 7 heteroatoms. The van der Waals surface area contributed by atoms with Gasteiger partial charge in [-0.25, -0.2) is 0 Å². The second-order valence-electron chi connectivity index (χ2n) is 12.0. The zero-order valence-corrected chi connectivity index (χ0v) is 27.6. The lowest BCUT2D eigenvalue weighted by molar-refractivity contribution is -0.261. The summed E-state index contributed by atoms with van der Waals surface area (Å²) in [6.45, 7) is 1.43. The molecule has 0 saturated carbocycles. The number of hydrogen-bond acceptors (Lipinski definition) is 7. The molecule has 5 aromatic carbocycles. The normalized spacial score (nSPS) is 20.5. The van der Waals surface area contributed by atoms with E-state index in [1.54, 1.807) is 31.4 Å². The van der Waals surface area contributed by atoms with Crippen molar-refractivity contribution in [2.75, 3.05) is 13.7 Å². The molecule has 3 unspecified atom stereocenters. The van der Waals surface area contributed by atoms with Crippen molar-refractivity contribution < 1.29 is 33.2 Å². The van der Waals surface area contributed by atoms with Crippen molar-refractivity contribution in [2.45, 2.75) is 56.9 Å². The number of ketones is 1. The quantitative estimate of drug-likeness (QED) is 0.101. The van der Waals surface area contributed by atoms with Crippen LogP contribution in [0, 0.1) is 0 Å². The molecule has 1 aliphatic heterocycles.